The molecule has 4 rings (SSSR count). The zero-order valence-corrected chi connectivity index (χ0v) is 19.3. The fourth-order valence-electron chi connectivity index (χ4n) is 4.16. The number of carbonyl (C=O) groups excluding carboxylic acids is 1. The molecule has 1 aliphatic rings. The van der Waals surface area contributed by atoms with Crippen molar-refractivity contribution in [1.29, 1.82) is 5.26 Å². The molecule has 1 aliphatic carbocycles. The van der Waals surface area contributed by atoms with Crippen LogP contribution in [0.1, 0.15) is 19.3 Å². The Hall–Kier alpha value is -2.83. The second-order valence-electron chi connectivity index (χ2n) is 9.63. The van der Waals surface area contributed by atoms with Crippen LogP contribution in [0.25, 0.3) is 22.3 Å². The Labute approximate surface area is 182 Å². The van der Waals surface area contributed by atoms with Gasteiger partial charge in [-0.3, -0.25) is 4.68 Å². The normalized spacial score (nSPS) is 21.0. The summed E-state index contributed by atoms with van der Waals surface area (Å²) in [5.74, 6) is 0.00161. The number of carbonyl (C=O) groups is 1. The molecule has 9 heteroatoms. The van der Waals surface area contributed by atoms with E-state index in [2.05, 4.69) is 40.8 Å². The van der Waals surface area contributed by atoms with Gasteiger partial charge in [-0.05, 0) is 25.0 Å². The Morgan fingerprint density at radius 3 is 2.87 bits per heavy atom. The number of hydrogen-bond acceptors (Lipinski definition) is 6. The predicted molar refractivity (Wildman–Crippen MR) is 120 cm³/mol. The second kappa shape index (κ2) is 8.36. The molecule has 0 bridgehead atoms. The highest BCUT2D eigenvalue weighted by Crippen LogP contribution is 2.45. The van der Waals surface area contributed by atoms with E-state index >= 15 is 0 Å². The van der Waals surface area contributed by atoms with E-state index in [1.165, 1.54) is 0 Å². The summed E-state index contributed by atoms with van der Waals surface area (Å²) in [7, 11) is -1.12. The zero-order chi connectivity index (χ0) is 22.1. The average molecular weight is 437 g/mol. The predicted octanol–water partition coefficient (Wildman–Crippen LogP) is 3.82. The van der Waals surface area contributed by atoms with Gasteiger partial charge in [0.25, 0.3) is 0 Å². The molecule has 0 spiro atoms. The van der Waals surface area contributed by atoms with E-state index in [0.717, 1.165) is 41.2 Å². The fraction of sp³-hybridized carbons (Fsp3) is 0.500. The van der Waals surface area contributed by atoms with Crippen LogP contribution in [0.15, 0.2) is 31.0 Å². The summed E-state index contributed by atoms with van der Waals surface area (Å²) in [5, 5.41) is 14.7. The van der Waals surface area contributed by atoms with Crippen molar-refractivity contribution in [3.63, 3.8) is 0 Å². The lowest BCUT2D eigenvalue weighted by molar-refractivity contribution is -0.117. The standard InChI is InChI=1S/C22H28N6O2Si/c1-31(2,3)9-8-30-16-27-7-4-19-20(24-15-25-21(19)27)18-12-26-28(13-18)22(5-6-23)10-17(11-22)14-29/h4,7,12-15,17H,5,8-11,16H2,1-3H3. The molecule has 0 unspecified atom stereocenters. The van der Waals surface area contributed by atoms with Gasteiger partial charge in [-0.25, -0.2) is 9.97 Å². The van der Waals surface area contributed by atoms with E-state index in [1.54, 1.807) is 12.5 Å². The zero-order valence-electron chi connectivity index (χ0n) is 18.3. The third-order valence-electron chi connectivity index (χ3n) is 6.01. The van der Waals surface area contributed by atoms with E-state index in [0.29, 0.717) is 26.0 Å². The van der Waals surface area contributed by atoms with Gasteiger partial charge < -0.3 is 14.1 Å². The molecule has 3 aromatic rings. The van der Waals surface area contributed by atoms with Crippen LogP contribution < -0.4 is 0 Å². The van der Waals surface area contributed by atoms with Gasteiger partial charge in [-0.1, -0.05) is 19.6 Å². The summed E-state index contributed by atoms with van der Waals surface area (Å²) in [4.78, 5) is 20.0. The van der Waals surface area contributed by atoms with Gasteiger partial charge in [-0.2, -0.15) is 10.4 Å². The Balaban J connectivity index is 1.55. The van der Waals surface area contributed by atoms with Gasteiger partial charge in [0.2, 0.25) is 0 Å². The van der Waals surface area contributed by atoms with Crippen LogP contribution in [-0.4, -0.2) is 45.3 Å². The molecule has 3 aromatic heterocycles. The molecule has 8 nitrogen and oxygen atoms in total. The van der Waals surface area contributed by atoms with Crippen molar-refractivity contribution in [2.75, 3.05) is 6.61 Å². The van der Waals surface area contributed by atoms with Crippen LogP contribution in [0.2, 0.25) is 25.7 Å². The molecule has 1 fully saturated rings. The van der Waals surface area contributed by atoms with E-state index in [1.807, 2.05) is 27.7 Å². The quantitative estimate of drug-likeness (QED) is 0.287. The van der Waals surface area contributed by atoms with Gasteiger partial charge in [-0.15, -0.1) is 0 Å². The summed E-state index contributed by atoms with van der Waals surface area (Å²) in [6, 6.07) is 5.38. The minimum Gasteiger partial charge on any atom is -0.361 e. The summed E-state index contributed by atoms with van der Waals surface area (Å²) in [6.07, 6.45) is 9.85. The van der Waals surface area contributed by atoms with Crippen molar-refractivity contribution in [3.8, 4) is 17.3 Å². The molecule has 31 heavy (non-hydrogen) atoms. The van der Waals surface area contributed by atoms with Gasteiger partial charge in [0.15, 0.2) is 0 Å². The molecule has 3 heterocycles. The molecular formula is C22H28N6O2Si. The smallest absolute Gasteiger partial charge is 0.145 e. The van der Waals surface area contributed by atoms with Crippen LogP contribution in [0, 0.1) is 17.2 Å². The maximum absolute atomic E-state index is 11.1. The van der Waals surface area contributed by atoms with Crippen LogP contribution in [0.3, 0.4) is 0 Å². The third kappa shape index (κ3) is 4.31. The first-order chi connectivity index (χ1) is 14.8. The maximum Gasteiger partial charge on any atom is 0.145 e. The first-order valence-electron chi connectivity index (χ1n) is 10.6. The highest BCUT2D eigenvalue weighted by atomic mass is 28.3. The van der Waals surface area contributed by atoms with Crippen LogP contribution in [0.5, 0.6) is 0 Å². The summed E-state index contributed by atoms with van der Waals surface area (Å²) >= 11 is 0. The number of rotatable bonds is 9. The van der Waals surface area contributed by atoms with Crippen LogP contribution in [-0.2, 0) is 21.8 Å². The Kier molecular flexibility index (Phi) is 5.77. The van der Waals surface area contributed by atoms with Crippen molar-refractivity contribution in [1.82, 2.24) is 24.3 Å². The van der Waals surface area contributed by atoms with Crippen molar-refractivity contribution in [2.45, 2.75) is 57.2 Å². The molecular weight excluding hydrogens is 408 g/mol. The largest absolute Gasteiger partial charge is 0.361 e. The molecule has 0 radical (unpaired) electrons. The van der Waals surface area contributed by atoms with Gasteiger partial charge in [0.05, 0.1) is 29.9 Å². The monoisotopic (exact) mass is 436 g/mol. The van der Waals surface area contributed by atoms with E-state index in [-0.39, 0.29) is 5.92 Å². The van der Waals surface area contributed by atoms with E-state index in [9.17, 15) is 10.1 Å². The summed E-state index contributed by atoms with van der Waals surface area (Å²) in [6.45, 7) is 8.23. The van der Waals surface area contributed by atoms with E-state index in [4.69, 9.17) is 4.74 Å². The van der Waals surface area contributed by atoms with Crippen molar-refractivity contribution < 1.29 is 9.53 Å². The molecule has 0 N–H and O–H groups in total. The Morgan fingerprint density at radius 1 is 1.35 bits per heavy atom. The summed E-state index contributed by atoms with van der Waals surface area (Å²) in [5.41, 5.74) is 2.09. The van der Waals surface area contributed by atoms with Crippen LogP contribution >= 0.6 is 0 Å². The molecule has 0 saturated heterocycles. The fourth-order valence-corrected chi connectivity index (χ4v) is 4.91. The summed E-state index contributed by atoms with van der Waals surface area (Å²) < 4.78 is 9.72. The van der Waals surface area contributed by atoms with Crippen molar-refractivity contribution >= 4 is 25.4 Å². The molecule has 0 amide bonds. The first kappa shape index (κ1) is 21.4. The Bertz CT molecular complexity index is 1120. The number of fused-ring (bicyclic) bond motifs is 1. The number of hydrogen-bond donors (Lipinski definition) is 0. The lowest BCUT2D eigenvalue weighted by Gasteiger charge is -2.44. The van der Waals surface area contributed by atoms with Crippen LogP contribution in [0.4, 0.5) is 0 Å². The molecule has 162 valence electrons. The van der Waals surface area contributed by atoms with Crippen molar-refractivity contribution in [2.24, 2.45) is 5.92 Å². The molecule has 1 saturated carbocycles. The highest BCUT2D eigenvalue weighted by Gasteiger charge is 2.46. The number of aromatic nitrogens is 5. The lowest BCUT2D eigenvalue weighted by Crippen LogP contribution is -2.47. The van der Waals surface area contributed by atoms with Crippen molar-refractivity contribution in [3.05, 3.63) is 31.0 Å². The first-order valence-corrected chi connectivity index (χ1v) is 14.3. The number of ether oxygens (including phenoxy) is 1. The Morgan fingerprint density at radius 2 is 2.16 bits per heavy atom. The lowest BCUT2D eigenvalue weighted by atomic mass is 9.67. The second-order valence-corrected chi connectivity index (χ2v) is 15.3. The molecule has 0 aromatic carbocycles. The van der Waals surface area contributed by atoms with Gasteiger partial charge >= 0.3 is 0 Å². The minimum absolute atomic E-state index is 0.00161. The highest BCUT2D eigenvalue weighted by molar-refractivity contribution is 6.76. The SMILES string of the molecule is C[Si](C)(C)CCOCn1ccc2c(-c3cnn(C4(CC#N)CC(C=O)C4)c3)ncnc21. The average Bonchev–Trinajstić information content (AvgIpc) is 3.34. The number of nitrogens with zero attached hydrogens (tertiary/aromatic N) is 6. The number of nitriles is 1. The topological polar surface area (TPSA) is 98.6 Å². The maximum atomic E-state index is 11.1. The minimum atomic E-state index is -1.12. The van der Waals surface area contributed by atoms with E-state index < -0.39 is 13.6 Å². The van der Waals surface area contributed by atoms with Gasteiger partial charge in [0.1, 0.15) is 25.0 Å². The molecule has 0 aliphatic heterocycles. The van der Waals surface area contributed by atoms with Gasteiger partial charge in [0, 0.05) is 43.9 Å². The number of aldehydes is 1. The third-order valence-corrected chi connectivity index (χ3v) is 7.71. The molecule has 0 atom stereocenters.